The number of nitrogens with one attached hydrogen (secondary N) is 1. The number of hydrogen-bond donors (Lipinski definition) is 1. The lowest BCUT2D eigenvalue weighted by atomic mass is 9.80. The van der Waals surface area contributed by atoms with Crippen LogP contribution < -0.4 is 10.2 Å². The number of hydrogen-bond acceptors (Lipinski definition) is 4. The van der Waals surface area contributed by atoms with Gasteiger partial charge >= 0.3 is 0 Å². The summed E-state index contributed by atoms with van der Waals surface area (Å²) in [5, 5.41) is 6.73. The van der Waals surface area contributed by atoms with Crippen molar-refractivity contribution in [1.29, 1.82) is 0 Å². The maximum absolute atomic E-state index is 14.1. The largest absolute Gasteiger partial charge is 0.369 e. The third-order valence-electron chi connectivity index (χ3n) is 5.47. The Bertz CT molecular complexity index is 1020. The number of amides is 1. The summed E-state index contributed by atoms with van der Waals surface area (Å²) in [5.41, 5.74) is 1.66. The third kappa shape index (κ3) is 2.89. The highest BCUT2D eigenvalue weighted by molar-refractivity contribution is 5.90. The van der Waals surface area contributed by atoms with E-state index in [0.29, 0.717) is 24.2 Å². The molecule has 3 aromatic rings. The molecule has 6 nitrogen and oxygen atoms in total. The van der Waals surface area contributed by atoms with E-state index >= 15 is 0 Å². The van der Waals surface area contributed by atoms with E-state index in [4.69, 9.17) is 0 Å². The summed E-state index contributed by atoms with van der Waals surface area (Å²) >= 11 is 0. The van der Waals surface area contributed by atoms with Crippen LogP contribution in [0.3, 0.4) is 0 Å². The fourth-order valence-corrected chi connectivity index (χ4v) is 3.88. The molecule has 0 saturated carbocycles. The Hall–Kier alpha value is -3.03. The minimum absolute atomic E-state index is 0.0791. The molecule has 1 amide bonds. The van der Waals surface area contributed by atoms with Gasteiger partial charge in [-0.2, -0.15) is 0 Å². The maximum Gasteiger partial charge on any atom is 0.290 e. The first-order chi connectivity index (χ1) is 13.4. The normalized spacial score (nSPS) is 19.5. The monoisotopic (exact) mass is 385 g/mol. The van der Waals surface area contributed by atoms with Crippen LogP contribution in [0.5, 0.6) is 0 Å². The average molecular weight is 385 g/mol. The fourth-order valence-electron chi connectivity index (χ4n) is 3.88. The first kappa shape index (κ1) is 18.3. The molecule has 1 aliphatic rings. The summed E-state index contributed by atoms with van der Waals surface area (Å²) in [4.78, 5) is 18.0. The zero-order chi connectivity index (χ0) is 19.9. The van der Waals surface area contributed by atoms with Gasteiger partial charge in [0.25, 0.3) is 5.91 Å². The van der Waals surface area contributed by atoms with Crippen molar-refractivity contribution in [3.63, 3.8) is 0 Å². The molecular weight excluding hydrogens is 364 g/mol. The number of anilines is 1. The van der Waals surface area contributed by atoms with E-state index in [1.165, 1.54) is 7.05 Å². The Morgan fingerprint density at radius 1 is 1.29 bits per heavy atom. The summed E-state index contributed by atoms with van der Waals surface area (Å²) in [6, 6.07) is 10.9. The number of fused-ring (bicyclic) bond motifs is 1. The van der Waals surface area contributed by atoms with Gasteiger partial charge in [-0.05, 0) is 30.5 Å². The van der Waals surface area contributed by atoms with Crippen LogP contribution in [0.25, 0.3) is 5.65 Å². The molecule has 1 N–H and O–H groups in total. The second-order valence-electron chi connectivity index (χ2n) is 7.16. The Labute approximate surface area is 161 Å². The van der Waals surface area contributed by atoms with E-state index in [1.54, 1.807) is 35.0 Å². The number of benzene rings is 1. The minimum Gasteiger partial charge on any atom is -0.369 e. The number of alkyl halides is 2. The quantitative estimate of drug-likeness (QED) is 0.750. The highest BCUT2D eigenvalue weighted by atomic mass is 19.3. The molecule has 0 unspecified atom stereocenters. The van der Waals surface area contributed by atoms with Crippen molar-refractivity contribution in [3.05, 3.63) is 59.5 Å². The van der Waals surface area contributed by atoms with Crippen LogP contribution in [0.4, 0.5) is 14.5 Å². The van der Waals surface area contributed by atoms with Crippen molar-refractivity contribution in [2.24, 2.45) is 0 Å². The van der Waals surface area contributed by atoms with E-state index in [0.717, 1.165) is 11.3 Å². The third-order valence-corrected chi connectivity index (χ3v) is 5.47. The lowest BCUT2D eigenvalue weighted by Crippen LogP contribution is -2.38. The molecule has 4 rings (SSSR count). The molecule has 0 spiro atoms. The van der Waals surface area contributed by atoms with Gasteiger partial charge in [0.15, 0.2) is 5.65 Å². The highest BCUT2D eigenvalue weighted by Crippen LogP contribution is 2.41. The van der Waals surface area contributed by atoms with Gasteiger partial charge < -0.3 is 10.2 Å². The van der Waals surface area contributed by atoms with Gasteiger partial charge in [-0.1, -0.05) is 30.3 Å². The van der Waals surface area contributed by atoms with Crippen molar-refractivity contribution in [2.45, 2.75) is 25.2 Å². The molecule has 1 aromatic carbocycles. The van der Waals surface area contributed by atoms with Crippen LogP contribution in [0, 0.1) is 6.92 Å². The van der Waals surface area contributed by atoms with Gasteiger partial charge in [-0.15, -0.1) is 5.10 Å². The first-order valence-electron chi connectivity index (χ1n) is 9.12. The molecule has 0 aliphatic carbocycles. The predicted octanol–water partition coefficient (Wildman–Crippen LogP) is 2.81. The van der Waals surface area contributed by atoms with E-state index in [2.05, 4.69) is 15.4 Å². The Kier molecular flexibility index (Phi) is 4.49. The number of halogens is 2. The maximum atomic E-state index is 14.1. The molecule has 146 valence electrons. The smallest absolute Gasteiger partial charge is 0.290 e. The number of pyridine rings is 1. The van der Waals surface area contributed by atoms with E-state index in [1.807, 2.05) is 24.0 Å². The summed E-state index contributed by atoms with van der Waals surface area (Å²) in [7, 11) is 1.52. The molecule has 1 atom stereocenters. The van der Waals surface area contributed by atoms with Crippen molar-refractivity contribution in [3.8, 4) is 0 Å². The van der Waals surface area contributed by atoms with Gasteiger partial charge in [-0.3, -0.25) is 4.79 Å². The van der Waals surface area contributed by atoms with Crippen molar-refractivity contribution >= 4 is 17.2 Å². The molecule has 2 aromatic heterocycles. The molecule has 8 heteroatoms. The lowest BCUT2D eigenvalue weighted by Gasteiger charge is -2.29. The fraction of sp³-hybridized carbons (Fsp3) is 0.350. The van der Waals surface area contributed by atoms with Crippen molar-refractivity contribution in [2.75, 3.05) is 25.0 Å². The standard InChI is InChI=1S/C20H21F2N5O/c1-13-10-15(11-27-17(13)24-16(25-27)18(28)23-2)26-9-8-20(12-26,19(21)22)14-6-4-3-5-7-14/h3-7,10-11,19H,8-9,12H2,1-2H3,(H,23,28)/t20-/m1/s1. The summed E-state index contributed by atoms with van der Waals surface area (Å²) in [5.74, 6) is -0.290. The van der Waals surface area contributed by atoms with Crippen LogP contribution in [-0.4, -0.2) is 47.1 Å². The molecule has 0 bridgehead atoms. The van der Waals surface area contributed by atoms with Crippen molar-refractivity contribution < 1.29 is 13.6 Å². The summed E-state index contributed by atoms with van der Waals surface area (Å²) in [6.45, 7) is 2.60. The second kappa shape index (κ2) is 6.85. The lowest BCUT2D eigenvalue weighted by molar-refractivity contribution is 0.0606. The van der Waals surface area contributed by atoms with Crippen LogP contribution in [0.1, 0.15) is 28.2 Å². The molecular formula is C20H21F2N5O. The topological polar surface area (TPSA) is 62.5 Å². The van der Waals surface area contributed by atoms with Crippen LogP contribution in [0.15, 0.2) is 42.6 Å². The number of carbonyl (C=O) groups is 1. The molecule has 1 fully saturated rings. The number of carbonyl (C=O) groups excluding carboxylic acids is 1. The second-order valence-corrected chi connectivity index (χ2v) is 7.16. The SMILES string of the molecule is CNC(=O)c1nc2c(C)cc(N3CC[C@@](c4ccccc4)(C(F)F)C3)cn2n1. The molecule has 0 radical (unpaired) electrons. The summed E-state index contributed by atoms with van der Waals surface area (Å²) < 4.78 is 29.8. The van der Waals surface area contributed by atoms with E-state index < -0.39 is 11.8 Å². The Balaban J connectivity index is 1.70. The number of rotatable bonds is 4. The average Bonchev–Trinajstić information content (AvgIpc) is 3.34. The molecule has 3 heterocycles. The number of aryl methyl sites for hydroxylation is 1. The number of nitrogens with zero attached hydrogens (tertiary/aromatic N) is 4. The molecule has 28 heavy (non-hydrogen) atoms. The Morgan fingerprint density at radius 3 is 2.71 bits per heavy atom. The zero-order valence-electron chi connectivity index (χ0n) is 15.7. The van der Waals surface area contributed by atoms with Crippen LogP contribution in [-0.2, 0) is 5.41 Å². The minimum atomic E-state index is -2.46. The van der Waals surface area contributed by atoms with Gasteiger partial charge in [-0.25, -0.2) is 18.3 Å². The Morgan fingerprint density at radius 2 is 2.04 bits per heavy atom. The van der Waals surface area contributed by atoms with Crippen LogP contribution >= 0.6 is 0 Å². The van der Waals surface area contributed by atoms with Crippen LogP contribution in [0.2, 0.25) is 0 Å². The molecule has 1 aliphatic heterocycles. The van der Waals surface area contributed by atoms with Gasteiger partial charge in [0.05, 0.1) is 17.3 Å². The zero-order valence-corrected chi connectivity index (χ0v) is 15.7. The van der Waals surface area contributed by atoms with Gasteiger partial charge in [0.1, 0.15) is 0 Å². The molecule has 1 saturated heterocycles. The van der Waals surface area contributed by atoms with E-state index in [9.17, 15) is 13.6 Å². The first-order valence-corrected chi connectivity index (χ1v) is 9.12. The highest BCUT2D eigenvalue weighted by Gasteiger charge is 2.47. The number of aromatic nitrogens is 3. The van der Waals surface area contributed by atoms with Gasteiger partial charge in [0, 0.05) is 20.1 Å². The van der Waals surface area contributed by atoms with E-state index in [-0.39, 0.29) is 18.3 Å². The van der Waals surface area contributed by atoms with Crippen molar-refractivity contribution in [1.82, 2.24) is 19.9 Å². The summed E-state index contributed by atoms with van der Waals surface area (Å²) in [6.07, 6.45) is -0.350. The predicted molar refractivity (Wildman–Crippen MR) is 102 cm³/mol. The van der Waals surface area contributed by atoms with Gasteiger partial charge in [0.2, 0.25) is 12.2 Å².